The third kappa shape index (κ3) is 3.96. The Bertz CT molecular complexity index is 772. The second-order valence-electron chi connectivity index (χ2n) is 7.29. The van der Waals surface area contributed by atoms with Crippen LogP contribution >= 0.6 is 11.3 Å². The molecule has 1 saturated carbocycles. The Hall–Kier alpha value is -1.79. The van der Waals surface area contributed by atoms with Gasteiger partial charge >= 0.3 is 0 Å². The first-order valence-corrected chi connectivity index (χ1v) is 10.3. The maximum atomic E-state index is 13.8. The van der Waals surface area contributed by atoms with E-state index in [4.69, 9.17) is 0 Å². The van der Waals surface area contributed by atoms with Crippen LogP contribution in [0.1, 0.15) is 53.2 Å². The summed E-state index contributed by atoms with van der Waals surface area (Å²) in [5.74, 6) is -0.342. The van der Waals surface area contributed by atoms with E-state index in [-0.39, 0.29) is 17.8 Å². The Balaban J connectivity index is 1.33. The van der Waals surface area contributed by atoms with E-state index in [1.807, 2.05) is 6.07 Å². The average molecular weight is 373 g/mol. The smallest absolute Gasteiger partial charge is 0.271 e. The van der Waals surface area contributed by atoms with Crippen molar-refractivity contribution in [2.75, 3.05) is 13.1 Å². The molecule has 1 aliphatic heterocycles. The number of rotatable bonds is 5. The maximum absolute atomic E-state index is 13.8. The third-order valence-electron chi connectivity index (χ3n) is 5.48. The molecular weight excluding hydrogens is 349 g/mol. The van der Waals surface area contributed by atoms with Gasteiger partial charge in [0, 0.05) is 37.0 Å². The fraction of sp³-hybridized carbons (Fsp3) is 0.500. The Morgan fingerprint density at radius 1 is 1.27 bits per heavy atom. The quantitative estimate of drug-likeness (QED) is 0.871. The molecule has 1 aromatic heterocycles. The predicted molar refractivity (Wildman–Crippen MR) is 101 cm³/mol. The van der Waals surface area contributed by atoms with Crippen molar-refractivity contribution < 1.29 is 9.18 Å². The predicted octanol–water partition coefficient (Wildman–Crippen LogP) is 3.62. The molecule has 4 rings (SSSR count). The van der Waals surface area contributed by atoms with Gasteiger partial charge < -0.3 is 5.32 Å². The van der Waals surface area contributed by atoms with Gasteiger partial charge in [0.05, 0.1) is 5.01 Å². The molecule has 2 aromatic rings. The lowest BCUT2D eigenvalue weighted by molar-refractivity contribution is 0.0931. The van der Waals surface area contributed by atoms with E-state index in [1.165, 1.54) is 43.1 Å². The number of nitrogens with zero attached hydrogens (tertiary/aromatic N) is 2. The van der Waals surface area contributed by atoms with Crippen LogP contribution in [-0.2, 0) is 6.42 Å². The zero-order chi connectivity index (χ0) is 17.9. The van der Waals surface area contributed by atoms with Gasteiger partial charge in [-0.3, -0.25) is 9.69 Å². The van der Waals surface area contributed by atoms with Crippen molar-refractivity contribution in [3.63, 3.8) is 0 Å². The fourth-order valence-electron chi connectivity index (χ4n) is 4.07. The van der Waals surface area contributed by atoms with Crippen LogP contribution in [-0.4, -0.2) is 41.0 Å². The molecule has 1 aromatic carbocycles. The van der Waals surface area contributed by atoms with Gasteiger partial charge in [0.2, 0.25) is 0 Å². The largest absolute Gasteiger partial charge is 0.347 e. The van der Waals surface area contributed by atoms with Gasteiger partial charge in [0.15, 0.2) is 0 Å². The molecule has 1 aliphatic carbocycles. The van der Waals surface area contributed by atoms with Gasteiger partial charge in [-0.25, -0.2) is 9.37 Å². The van der Waals surface area contributed by atoms with Crippen LogP contribution in [0.15, 0.2) is 29.6 Å². The highest BCUT2D eigenvalue weighted by atomic mass is 32.1. The van der Waals surface area contributed by atoms with E-state index in [1.54, 1.807) is 17.5 Å². The number of likely N-dealkylation sites (tertiary alicyclic amines) is 1. The molecule has 1 N–H and O–H groups in total. The van der Waals surface area contributed by atoms with Crippen molar-refractivity contribution >= 4 is 17.2 Å². The molecule has 2 aliphatic rings. The molecule has 1 amide bonds. The third-order valence-corrected chi connectivity index (χ3v) is 6.33. The highest BCUT2D eigenvalue weighted by Crippen LogP contribution is 2.26. The molecule has 2 heterocycles. The highest BCUT2D eigenvalue weighted by molar-refractivity contribution is 7.09. The van der Waals surface area contributed by atoms with Crippen molar-refractivity contribution in [1.82, 2.24) is 15.2 Å². The first-order chi connectivity index (χ1) is 12.7. The molecule has 2 fully saturated rings. The van der Waals surface area contributed by atoms with Crippen molar-refractivity contribution in [3.05, 3.63) is 51.7 Å². The summed E-state index contributed by atoms with van der Waals surface area (Å²) < 4.78 is 13.8. The summed E-state index contributed by atoms with van der Waals surface area (Å²) in [5, 5.41) is 5.66. The van der Waals surface area contributed by atoms with Gasteiger partial charge in [-0.15, -0.1) is 11.3 Å². The van der Waals surface area contributed by atoms with Crippen LogP contribution in [0.4, 0.5) is 4.39 Å². The number of benzene rings is 1. The maximum Gasteiger partial charge on any atom is 0.271 e. The molecule has 4 nitrogen and oxygen atoms in total. The summed E-state index contributed by atoms with van der Waals surface area (Å²) in [6.45, 7) is 2.02. The average Bonchev–Trinajstić information content (AvgIpc) is 3.38. The van der Waals surface area contributed by atoms with Crippen LogP contribution in [0.3, 0.4) is 0 Å². The van der Waals surface area contributed by atoms with E-state index < -0.39 is 0 Å². The van der Waals surface area contributed by atoms with Crippen molar-refractivity contribution in [3.8, 4) is 0 Å². The second kappa shape index (κ2) is 7.84. The minimum absolute atomic E-state index is 0.112. The van der Waals surface area contributed by atoms with Gasteiger partial charge in [-0.2, -0.15) is 0 Å². The molecule has 1 atom stereocenters. The minimum atomic E-state index is -0.230. The molecule has 0 bridgehead atoms. The molecule has 138 valence electrons. The Labute approximate surface area is 157 Å². The molecular formula is C20H24FN3OS. The normalized spacial score (nSPS) is 21.3. The number of nitrogens with one attached hydrogen (secondary N) is 1. The van der Waals surface area contributed by atoms with Crippen molar-refractivity contribution in [2.45, 2.75) is 50.6 Å². The van der Waals surface area contributed by atoms with E-state index in [0.29, 0.717) is 23.7 Å². The molecule has 0 spiro atoms. The van der Waals surface area contributed by atoms with Crippen LogP contribution in [0, 0.1) is 5.82 Å². The first kappa shape index (κ1) is 17.6. The van der Waals surface area contributed by atoms with Gasteiger partial charge in [-0.05, 0) is 30.9 Å². The summed E-state index contributed by atoms with van der Waals surface area (Å²) in [5.41, 5.74) is 1.05. The number of thiazole rings is 1. The molecule has 26 heavy (non-hydrogen) atoms. The van der Waals surface area contributed by atoms with Crippen LogP contribution in [0.5, 0.6) is 0 Å². The lowest BCUT2D eigenvalue weighted by atomic mass is 10.1. The summed E-state index contributed by atoms with van der Waals surface area (Å²) in [7, 11) is 0. The number of amides is 1. The van der Waals surface area contributed by atoms with Gasteiger partial charge in [-0.1, -0.05) is 31.0 Å². The summed E-state index contributed by atoms with van der Waals surface area (Å²) in [6, 6.07) is 7.62. The monoisotopic (exact) mass is 373 g/mol. The zero-order valence-electron chi connectivity index (χ0n) is 14.8. The number of hydrogen-bond acceptors (Lipinski definition) is 4. The van der Waals surface area contributed by atoms with Crippen LogP contribution in [0.25, 0.3) is 0 Å². The number of aromatic nitrogens is 1. The topological polar surface area (TPSA) is 45.2 Å². The summed E-state index contributed by atoms with van der Waals surface area (Å²) in [4.78, 5) is 19.4. The van der Waals surface area contributed by atoms with Crippen molar-refractivity contribution in [1.29, 1.82) is 0 Å². The van der Waals surface area contributed by atoms with Crippen LogP contribution in [0.2, 0.25) is 0 Å². The number of halogens is 1. The standard InChI is InChI=1S/C20H24FN3OS/c21-17-8-4-1-5-14(17)11-19-23-18(13-26-19)20(25)22-15-9-10-24(12-15)16-6-2-3-7-16/h1,4-5,8,13,15-16H,2-3,6-7,9-12H2,(H,22,25). The fourth-order valence-corrected chi connectivity index (χ4v) is 4.86. The highest BCUT2D eigenvalue weighted by Gasteiger charge is 2.31. The molecule has 1 saturated heterocycles. The number of hydrogen-bond donors (Lipinski definition) is 1. The minimum Gasteiger partial charge on any atom is -0.347 e. The molecule has 1 unspecified atom stereocenters. The molecule has 0 radical (unpaired) electrons. The molecule has 6 heteroatoms. The lowest BCUT2D eigenvalue weighted by Crippen LogP contribution is -2.39. The summed E-state index contributed by atoms with van der Waals surface area (Å²) >= 11 is 1.41. The SMILES string of the molecule is O=C(NC1CCN(C2CCCC2)C1)c1csc(Cc2ccccc2F)n1. The van der Waals surface area contributed by atoms with E-state index >= 15 is 0 Å². The van der Waals surface area contributed by atoms with E-state index in [0.717, 1.165) is 24.5 Å². The Morgan fingerprint density at radius 3 is 2.88 bits per heavy atom. The Morgan fingerprint density at radius 2 is 2.08 bits per heavy atom. The van der Waals surface area contributed by atoms with Gasteiger partial charge in [0.1, 0.15) is 11.5 Å². The van der Waals surface area contributed by atoms with Crippen LogP contribution < -0.4 is 5.32 Å². The number of carbonyl (C=O) groups excluding carboxylic acids is 1. The van der Waals surface area contributed by atoms with E-state index in [9.17, 15) is 9.18 Å². The number of carbonyl (C=O) groups is 1. The first-order valence-electron chi connectivity index (χ1n) is 9.42. The van der Waals surface area contributed by atoms with Gasteiger partial charge in [0.25, 0.3) is 5.91 Å². The summed E-state index contributed by atoms with van der Waals surface area (Å²) in [6.07, 6.45) is 6.69. The Kier molecular flexibility index (Phi) is 5.31. The zero-order valence-corrected chi connectivity index (χ0v) is 15.6. The lowest BCUT2D eigenvalue weighted by Gasteiger charge is -2.23. The second-order valence-corrected chi connectivity index (χ2v) is 8.23. The van der Waals surface area contributed by atoms with E-state index in [2.05, 4.69) is 15.2 Å². The van der Waals surface area contributed by atoms with Crippen molar-refractivity contribution in [2.24, 2.45) is 0 Å².